The Morgan fingerprint density at radius 2 is 1.40 bits per heavy atom. The molecule has 10 heavy (non-hydrogen) atoms. The van der Waals surface area contributed by atoms with E-state index in [-0.39, 0.29) is 0 Å². The zero-order valence-corrected chi connectivity index (χ0v) is 4.46. The standard InChI is InChI=1S/C2H2O5.N3/c3-1(4)7-2(5)6;1-3-2/h(H,3,4)(H,5,6);/q;-1. The minimum Gasteiger partial charge on any atom is -0.449 e. The summed E-state index contributed by atoms with van der Waals surface area (Å²) in [6, 6.07) is 0. The first-order valence-electron chi connectivity index (χ1n) is 1.66. The number of ether oxygens (including phenoxy) is 1. The number of nitrogens with zero attached hydrogens (tertiary/aromatic N) is 3. The molecule has 0 fully saturated rings. The third-order valence-electron chi connectivity index (χ3n) is 0.175. The Labute approximate surface area is 54.1 Å². The average molecular weight is 148 g/mol. The summed E-state index contributed by atoms with van der Waals surface area (Å²) in [7, 11) is 0. The van der Waals surface area contributed by atoms with E-state index >= 15 is 0 Å². The maximum absolute atomic E-state index is 9.21. The van der Waals surface area contributed by atoms with Gasteiger partial charge in [-0.25, -0.2) is 9.59 Å². The topological polar surface area (TPSA) is 143 Å². The Balaban J connectivity index is 0. The molecule has 0 spiro atoms. The molecule has 0 amide bonds. The van der Waals surface area contributed by atoms with Crippen LogP contribution in [0.3, 0.4) is 0 Å². The molecule has 0 aromatic heterocycles. The van der Waals surface area contributed by atoms with Gasteiger partial charge in [-0.05, 0) is 0 Å². The molecule has 0 aliphatic rings. The first-order valence-corrected chi connectivity index (χ1v) is 1.66. The van der Waals surface area contributed by atoms with Crippen LogP contribution in [-0.4, -0.2) is 22.5 Å². The number of hydrogen-bond acceptors (Lipinski definition) is 3. The third kappa shape index (κ3) is 36.7. The van der Waals surface area contributed by atoms with Crippen molar-refractivity contribution in [2.45, 2.75) is 0 Å². The molecule has 56 valence electrons. The first-order chi connectivity index (χ1) is 4.54. The fraction of sp³-hybridized carbons (Fsp3) is 0. The van der Waals surface area contributed by atoms with E-state index in [4.69, 9.17) is 21.3 Å². The van der Waals surface area contributed by atoms with E-state index in [1.54, 1.807) is 0 Å². The lowest BCUT2D eigenvalue weighted by atomic mass is 11.3. The van der Waals surface area contributed by atoms with Gasteiger partial charge in [-0.15, -0.1) is 0 Å². The fourth-order valence-corrected chi connectivity index (χ4v) is 0.0747. The molecule has 0 atom stereocenters. The zero-order chi connectivity index (χ0) is 8.57. The maximum atomic E-state index is 9.21. The largest absolute Gasteiger partial charge is 0.516 e. The molecular formula is C2H2N3O5-. The van der Waals surface area contributed by atoms with Crippen molar-refractivity contribution in [1.29, 1.82) is 0 Å². The van der Waals surface area contributed by atoms with Gasteiger partial charge in [0.05, 0.1) is 0 Å². The summed E-state index contributed by atoms with van der Waals surface area (Å²) in [6.45, 7) is 0. The molecule has 0 rings (SSSR count). The highest BCUT2D eigenvalue weighted by Crippen LogP contribution is 1.73. The van der Waals surface area contributed by atoms with Crippen LogP contribution in [0.1, 0.15) is 0 Å². The van der Waals surface area contributed by atoms with Gasteiger partial charge < -0.3 is 26.0 Å². The Bertz CT molecular complexity index is 146. The van der Waals surface area contributed by atoms with E-state index < -0.39 is 12.3 Å². The smallest absolute Gasteiger partial charge is 0.449 e. The molecular weight excluding hydrogens is 146 g/mol. The van der Waals surface area contributed by atoms with Gasteiger partial charge in [-0.2, -0.15) is 0 Å². The van der Waals surface area contributed by atoms with Crippen molar-refractivity contribution in [1.82, 2.24) is 0 Å². The fourth-order valence-electron chi connectivity index (χ4n) is 0.0747. The summed E-state index contributed by atoms with van der Waals surface area (Å²) < 4.78 is 3.08. The summed E-state index contributed by atoms with van der Waals surface area (Å²) >= 11 is 0. The number of carboxylic acid groups (broad SMARTS) is 2. The molecule has 0 saturated carbocycles. The van der Waals surface area contributed by atoms with Crippen LogP contribution in [0.15, 0.2) is 0 Å². The van der Waals surface area contributed by atoms with E-state index in [1.807, 2.05) is 0 Å². The van der Waals surface area contributed by atoms with Crippen LogP contribution in [0.4, 0.5) is 9.59 Å². The predicted octanol–water partition coefficient (Wildman–Crippen LogP) is 1.23. The molecule has 0 bridgehead atoms. The lowest BCUT2D eigenvalue weighted by Gasteiger charge is -1.84. The Kier molecular flexibility index (Phi) is 7.71. The monoisotopic (exact) mass is 148 g/mol. The van der Waals surface area contributed by atoms with Gasteiger partial charge >= 0.3 is 12.3 Å². The molecule has 2 N–H and O–H groups in total. The highest BCUT2D eigenvalue weighted by molar-refractivity contribution is 5.74. The van der Waals surface area contributed by atoms with Crippen LogP contribution < -0.4 is 0 Å². The average Bonchev–Trinajstić information content (AvgIpc) is 1.62. The van der Waals surface area contributed by atoms with E-state index in [1.165, 1.54) is 4.91 Å². The molecule has 0 heterocycles. The molecule has 0 radical (unpaired) electrons. The van der Waals surface area contributed by atoms with Crippen molar-refractivity contribution in [3.05, 3.63) is 16.0 Å². The molecule has 8 nitrogen and oxygen atoms in total. The minimum atomic E-state index is -1.81. The SMILES string of the molecule is O=C(O)OC(=O)O.[N-]=[N+]=[N-]. The lowest BCUT2D eigenvalue weighted by Crippen LogP contribution is -2.05. The molecule has 0 aliphatic heterocycles. The van der Waals surface area contributed by atoms with Crippen molar-refractivity contribution in [2.24, 2.45) is 0 Å². The van der Waals surface area contributed by atoms with Crippen LogP contribution >= 0.6 is 0 Å². The Hall–Kier alpha value is -1.95. The number of hydrogen-bond donors (Lipinski definition) is 2. The number of rotatable bonds is 0. The summed E-state index contributed by atoms with van der Waals surface area (Å²) in [5.74, 6) is 0. The molecule has 0 aromatic carbocycles. The molecule has 0 saturated heterocycles. The van der Waals surface area contributed by atoms with E-state index in [2.05, 4.69) is 4.74 Å². The van der Waals surface area contributed by atoms with Crippen LogP contribution in [0.25, 0.3) is 16.0 Å². The van der Waals surface area contributed by atoms with Crippen molar-refractivity contribution < 1.29 is 24.5 Å². The van der Waals surface area contributed by atoms with Gasteiger partial charge in [-0.1, -0.05) is 0 Å². The second kappa shape index (κ2) is 7.05. The molecule has 0 aromatic rings. The quantitative estimate of drug-likeness (QED) is 0.174. The van der Waals surface area contributed by atoms with Crippen LogP contribution in [0, 0.1) is 0 Å². The Morgan fingerprint density at radius 3 is 1.40 bits per heavy atom. The second-order valence-corrected chi connectivity index (χ2v) is 0.723. The van der Waals surface area contributed by atoms with E-state index in [9.17, 15) is 9.59 Å². The number of carbonyl (C=O) groups is 2. The third-order valence-corrected chi connectivity index (χ3v) is 0.175. The lowest BCUT2D eigenvalue weighted by molar-refractivity contribution is 0.0802. The highest BCUT2D eigenvalue weighted by atomic mass is 16.7. The molecule has 0 unspecified atom stereocenters. The predicted molar refractivity (Wildman–Crippen MR) is 27.2 cm³/mol. The minimum absolute atomic E-state index is 1.50. The van der Waals surface area contributed by atoms with Crippen LogP contribution in [0.2, 0.25) is 0 Å². The summed E-state index contributed by atoms with van der Waals surface area (Å²) in [6.07, 6.45) is -3.62. The maximum Gasteiger partial charge on any atom is 0.516 e. The highest BCUT2D eigenvalue weighted by Gasteiger charge is 2.01. The first kappa shape index (κ1) is 10.9. The van der Waals surface area contributed by atoms with Gasteiger partial charge in [0.25, 0.3) is 0 Å². The van der Waals surface area contributed by atoms with Gasteiger partial charge in [0.1, 0.15) is 0 Å². The zero-order valence-electron chi connectivity index (χ0n) is 4.46. The van der Waals surface area contributed by atoms with E-state index in [0.29, 0.717) is 0 Å². The summed E-state index contributed by atoms with van der Waals surface area (Å²) in [5, 5.41) is 15.0. The van der Waals surface area contributed by atoms with Crippen LogP contribution in [0.5, 0.6) is 0 Å². The molecule has 8 heteroatoms. The summed E-state index contributed by atoms with van der Waals surface area (Å²) in [5.41, 5.74) is 13.5. The van der Waals surface area contributed by atoms with Crippen molar-refractivity contribution >= 4 is 12.3 Å². The van der Waals surface area contributed by atoms with Crippen LogP contribution in [-0.2, 0) is 4.74 Å². The van der Waals surface area contributed by atoms with Gasteiger partial charge in [0, 0.05) is 0 Å². The van der Waals surface area contributed by atoms with Gasteiger partial charge in [0.2, 0.25) is 0 Å². The summed E-state index contributed by atoms with van der Waals surface area (Å²) in [4.78, 5) is 19.9. The normalized spacial score (nSPS) is 6.00. The van der Waals surface area contributed by atoms with E-state index in [0.717, 1.165) is 0 Å². The molecule has 0 aliphatic carbocycles. The Morgan fingerprint density at radius 1 is 1.20 bits per heavy atom. The van der Waals surface area contributed by atoms with Crippen molar-refractivity contribution in [3.8, 4) is 0 Å². The van der Waals surface area contributed by atoms with Gasteiger partial charge in [0.15, 0.2) is 0 Å². The van der Waals surface area contributed by atoms with Gasteiger partial charge in [-0.3, -0.25) is 4.91 Å². The van der Waals surface area contributed by atoms with Crippen molar-refractivity contribution in [2.75, 3.05) is 0 Å². The second-order valence-electron chi connectivity index (χ2n) is 0.723. The van der Waals surface area contributed by atoms with Crippen molar-refractivity contribution in [3.63, 3.8) is 0 Å².